The largest absolute Gasteiger partial charge is 0.208 e. The molecule has 3 nitrogen and oxygen atoms in total. The second kappa shape index (κ2) is 15.5. The van der Waals surface area contributed by atoms with Gasteiger partial charge in [-0.05, 0) is 84.3 Å². The van der Waals surface area contributed by atoms with Crippen LogP contribution >= 0.6 is 0 Å². The van der Waals surface area contributed by atoms with Crippen molar-refractivity contribution in [2.24, 2.45) is 0 Å². The number of aromatic nitrogens is 3. The Balaban J connectivity index is 1.07. The first-order valence-corrected chi connectivity index (χ1v) is 24.1. The summed E-state index contributed by atoms with van der Waals surface area (Å²) in [4.78, 5) is 14.9. The van der Waals surface area contributed by atoms with Crippen molar-refractivity contribution < 1.29 is 0 Å². The second-order valence-corrected chi connectivity index (χ2v) is 21.5. The fraction of sp³-hybridized carbons (Fsp3) is 0.0536. The molecule has 0 fully saturated rings. The minimum Gasteiger partial charge on any atom is -0.208 e. The van der Waals surface area contributed by atoms with E-state index in [0.29, 0.717) is 17.5 Å². The number of hydrogen-bond acceptors (Lipinski definition) is 3. The van der Waals surface area contributed by atoms with Crippen molar-refractivity contribution in [1.29, 1.82) is 0 Å². The maximum atomic E-state index is 5.00. The first kappa shape index (κ1) is 37.0. The van der Waals surface area contributed by atoms with Crippen LogP contribution < -0.4 is 5.19 Å². The number of benzene rings is 9. The van der Waals surface area contributed by atoms with Gasteiger partial charge in [-0.3, -0.25) is 0 Å². The van der Waals surface area contributed by atoms with E-state index in [4.69, 9.17) is 15.0 Å². The first-order chi connectivity index (χ1) is 29.4. The van der Waals surface area contributed by atoms with Crippen molar-refractivity contribution in [2.45, 2.75) is 19.6 Å². The van der Waals surface area contributed by atoms with E-state index >= 15 is 0 Å². The van der Waals surface area contributed by atoms with Crippen LogP contribution in [0.5, 0.6) is 0 Å². The maximum absolute atomic E-state index is 5.00. The number of nitrogens with zero attached hydrogens (tertiary/aromatic N) is 3. The van der Waals surface area contributed by atoms with Gasteiger partial charge in [-0.1, -0.05) is 213 Å². The zero-order chi connectivity index (χ0) is 40.6. The van der Waals surface area contributed by atoms with Crippen molar-refractivity contribution in [2.75, 3.05) is 0 Å². The highest BCUT2D eigenvalue weighted by molar-refractivity contribution is 6.88. The van der Waals surface area contributed by atoms with E-state index in [-0.39, 0.29) is 0 Å². The molecule has 0 unspecified atom stereocenters. The molecule has 0 saturated carbocycles. The van der Waals surface area contributed by atoms with Gasteiger partial charge in [0.25, 0.3) is 0 Å². The average molecular weight is 786 g/mol. The van der Waals surface area contributed by atoms with Crippen molar-refractivity contribution in [3.63, 3.8) is 0 Å². The summed E-state index contributed by atoms with van der Waals surface area (Å²) in [5, 5.41) is 6.53. The van der Waals surface area contributed by atoms with E-state index in [2.05, 4.69) is 165 Å². The van der Waals surface area contributed by atoms with Crippen LogP contribution in [0, 0.1) is 0 Å². The third-order valence-corrected chi connectivity index (χ3v) is 13.5. The van der Waals surface area contributed by atoms with E-state index in [1.165, 1.54) is 54.5 Å². The van der Waals surface area contributed by atoms with Gasteiger partial charge >= 0.3 is 0 Å². The molecule has 286 valence electrons. The third-order valence-electron chi connectivity index (χ3n) is 11.5. The molecular formula is C56H43N3Si. The predicted octanol–water partition coefficient (Wildman–Crippen LogP) is 14.4. The molecule has 0 bridgehead atoms. The Morgan fingerprint density at radius 3 is 1.07 bits per heavy atom. The minimum atomic E-state index is -1.47. The molecule has 0 amide bonds. The smallest absolute Gasteiger partial charge is 0.164 e. The van der Waals surface area contributed by atoms with Crippen LogP contribution in [0.2, 0.25) is 19.6 Å². The molecule has 0 aliphatic heterocycles. The van der Waals surface area contributed by atoms with E-state index in [1.54, 1.807) is 0 Å². The normalized spacial score (nSPS) is 11.6. The Bertz CT molecular complexity index is 3110. The molecule has 0 N–H and O–H groups in total. The van der Waals surface area contributed by atoms with Gasteiger partial charge in [-0.2, -0.15) is 0 Å². The third kappa shape index (κ3) is 7.12. The molecular weight excluding hydrogens is 743 g/mol. The fourth-order valence-electron chi connectivity index (χ4n) is 8.39. The molecule has 10 rings (SSSR count). The lowest BCUT2D eigenvalue weighted by molar-refractivity contribution is 1.07. The Labute approximate surface area is 352 Å². The fourth-order valence-corrected chi connectivity index (χ4v) is 9.55. The van der Waals surface area contributed by atoms with Gasteiger partial charge in [-0.15, -0.1) is 0 Å². The van der Waals surface area contributed by atoms with Gasteiger partial charge in [0.15, 0.2) is 17.5 Å². The standard InChI is InChI=1S/C56H43N3Si/c1-60(2,3)47-33-31-38(32-34-47)52-50-29-12-10-27-48(50)49-28-11-13-30-51(49)53(52)45-25-15-23-43(36-45)41-21-14-22-42(35-41)44-24-16-26-46(37-44)56-58-54(39-17-6-4-7-18-39)57-55(59-56)40-19-8-5-9-20-40/h4-37H,1-3H3. The zero-order valence-corrected chi connectivity index (χ0v) is 35.0. The molecule has 10 aromatic rings. The zero-order valence-electron chi connectivity index (χ0n) is 34.0. The molecule has 0 atom stereocenters. The van der Waals surface area contributed by atoms with Crippen molar-refractivity contribution in [3.8, 4) is 78.7 Å². The summed E-state index contributed by atoms with van der Waals surface area (Å²) in [6.45, 7) is 7.23. The van der Waals surface area contributed by atoms with Crippen LogP contribution in [0.4, 0.5) is 0 Å². The van der Waals surface area contributed by atoms with Crippen LogP contribution in [0.15, 0.2) is 206 Å². The van der Waals surface area contributed by atoms with E-state index in [9.17, 15) is 0 Å². The summed E-state index contributed by atoms with van der Waals surface area (Å²) in [6.07, 6.45) is 0. The molecule has 0 spiro atoms. The minimum absolute atomic E-state index is 0.641. The van der Waals surface area contributed by atoms with Gasteiger partial charge in [0, 0.05) is 16.7 Å². The van der Waals surface area contributed by atoms with E-state index < -0.39 is 8.07 Å². The number of rotatable bonds is 8. The quantitative estimate of drug-likeness (QED) is 0.114. The molecule has 0 aliphatic carbocycles. The highest BCUT2D eigenvalue weighted by atomic mass is 28.3. The maximum Gasteiger partial charge on any atom is 0.164 e. The molecule has 0 saturated heterocycles. The van der Waals surface area contributed by atoms with Crippen LogP contribution in [0.1, 0.15) is 0 Å². The van der Waals surface area contributed by atoms with E-state index in [1.807, 2.05) is 60.7 Å². The van der Waals surface area contributed by atoms with Gasteiger partial charge in [-0.25, -0.2) is 15.0 Å². The summed E-state index contributed by atoms with van der Waals surface area (Å²) in [7, 11) is -1.47. The summed E-state index contributed by atoms with van der Waals surface area (Å²) >= 11 is 0. The molecule has 4 heteroatoms. The van der Waals surface area contributed by atoms with Gasteiger partial charge in [0.05, 0.1) is 8.07 Å². The molecule has 9 aromatic carbocycles. The van der Waals surface area contributed by atoms with Crippen molar-refractivity contribution in [3.05, 3.63) is 206 Å². The first-order valence-electron chi connectivity index (χ1n) is 20.6. The lowest BCUT2D eigenvalue weighted by Gasteiger charge is -2.21. The highest BCUT2D eigenvalue weighted by Crippen LogP contribution is 2.45. The lowest BCUT2D eigenvalue weighted by atomic mass is 9.84. The van der Waals surface area contributed by atoms with E-state index in [0.717, 1.165) is 33.4 Å². The van der Waals surface area contributed by atoms with Crippen LogP contribution in [-0.2, 0) is 0 Å². The molecule has 60 heavy (non-hydrogen) atoms. The van der Waals surface area contributed by atoms with Crippen molar-refractivity contribution >= 4 is 34.8 Å². The Kier molecular flexibility index (Phi) is 9.55. The van der Waals surface area contributed by atoms with Crippen molar-refractivity contribution in [1.82, 2.24) is 15.0 Å². The molecule has 0 radical (unpaired) electrons. The van der Waals surface area contributed by atoms with Gasteiger partial charge in [0.2, 0.25) is 0 Å². The van der Waals surface area contributed by atoms with Crippen LogP contribution in [0.3, 0.4) is 0 Å². The van der Waals surface area contributed by atoms with Gasteiger partial charge in [0.1, 0.15) is 0 Å². The highest BCUT2D eigenvalue weighted by Gasteiger charge is 2.21. The second-order valence-electron chi connectivity index (χ2n) is 16.4. The molecule has 0 aliphatic rings. The van der Waals surface area contributed by atoms with Crippen LogP contribution in [0.25, 0.3) is 100 Å². The lowest BCUT2D eigenvalue weighted by Crippen LogP contribution is -2.37. The summed E-state index contributed by atoms with van der Waals surface area (Å²) in [5.41, 5.74) is 12.4. The Morgan fingerprint density at radius 1 is 0.267 bits per heavy atom. The monoisotopic (exact) mass is 785 g/mol. The summed E-state index contributed by atoms with van der Waals surface area (Å²) in [5.74, 6) is 1.94. The summed E-state index contributed by atoms with van der Waals surface area (Å²) < 4.78 is 0. The average Bonchev–Trinajstić information content (AvgIpc) is 3.31. The number of hydrogen-bond donors (Lipinski definition) is 0. The molecule has 1 heterocycles. The predicted molar refractivity (Wildman–Crippen MR) is 256 cm³/mol. The Hall–Kier alpha value is -7.27. The SMILES string of the molecule is C[Si](C)(C)c1ccc(-c2c(-c3cccc(-c4cccc(-c5cccc(-c6nc(-c7ccccc7)nc(-c7ccccc7)n6)c5)c4)c3)c3ccccc3c3ccccc23)cc1. The summed E-state index contributed by atoms with van der Waals surface area (Å²) in [6, 6.07) is 73.9. The number of fused-ring (bicyclic) bond motifs is 3. The Morgan fingerprint density at radius 2 is 0.600 bits per heavy atom. The van der Waals surface area contributed by atoms with Crippen LogP contribution in [-0.4, -0.2) is 23.0 Å². The van der Waals surface area contributed by atoms with Gasteiger partial charge < -0.3 is 0 Å². The molecule has 1 aromatic heterocycles. The topological polar surface area (TPSA) is 38.7 Å².